The van der Waals surface area contributed by atoms with Crippen molar-refractivity contribution in [3.8, 4) is 0 Å². The maximum atomic E-state index is 12.7. The molecule has 0 aliphatic carbocycles. The Bertz CT molecular complexity index is 1300. The minimum absolute atomic E-state index is 0.106. The van der Waals surface area contributed by atoms with Crippen LogP contribution in [-0.2, 0) is 11.3 Å². The molecule has 0 spiro atoms. The third-order valence-electron chi connectivity index (χ3n) is 5.26. The molecule has 164 valence electrons. The molecule has 4 aromatic rings. The Morgan fingerprint density at radius 3 is 2.50 bits per heavy atom. The van der Waals surface area contributed by atoms with Crippen LogP contribution in [0.3, 0.4) is 0 Å². The normalized spacial score (nSPS) is 11.0. The van der Waals surface area contributed by atoms with Crippen molar-refractivity contribution in [1.29, 1.82) is 0 Å². The summed E-state index contributed by atoms with van der Waals surface area (Å²) in [4.78, 5) is 26.5. The van der Waals surface area contributed by atoms with Crippen molar-refractivity contribution in [3.63, 3.8) is 0 Å². The number of anilines is 1. The van der Waals surface area contributed by atoms with E-state index >= 15 is 0 Å². The van der Waals surface area contributed by atoms with Crippen molar-refractivity contribution >= 4 is 50.7 Å². The lowest BCUT2D eigenvalue weighted by Crippen LogP contribution is -2.32. The van der Waals surface area contributed by atoms with Crippen LogP contribution in [0.2, 0.25) is 5.02 Å². The van der Waals surface area contributed by atoms with E-state index in [9.17, 15) is 9.59 Å². The van der Waals surface area contributed by atoms with Gasteiger partial charge in [-0.15, -0.1) is 11.3 Å². The molecule has 0 radical (unpaired) electrons. The molecule has 4 rings (SSSR count). The zero-order valence-electron chi connectivity index (χ0n) is 18.0. The van der Waals surface area contributed by atoms with E-state index in [2.05, 4.69) is 15.7 Å². The molecule has 2 N–H and O–H groups in total. The number of nitrogens with one attached hydrogen (secondary N) is 2. The molecular formula is C24H23ClN4O2S. The number of aryl methyl sites for hydroxylation is 3. The van der Waals surface area contributed by atoms with Crippen molar-refractivity contribution < 1.29 is 9.59 Å². The van der Waals surface area contributed by atoms with Crippen LogP contribution in [0.25, 0.3) is 10.2 Å². The molecule has 0 saturated carbocycles. The maximum absolute atomic E-state index is 12.7. The van der Waals surface area contributed by atoms with Gasteiger partial charge in [-0.3, -0.25) is 14.3 Å². The first-order valence-electron chi connectivity index (χ1n) is 10.2. The summed E-state index contributed by atoms with van der Waals surface area (Å²) in [6.07, 6.45) is 0. The summed E-state index contributed by atoms with van der Waals surface area (Å²) in [5.41, 5.74) is 4.54. The van der Waals surface area contributed by atoms with Crippen LogP contribution in [0.15, 0.2) is 48.5 Å². The Morgan fingerprint density at radius 2 is 1.78 bits per heavy atom. The molecule has 0 fully saturated rings. The number of thiophene rings is 1. The van der Waals surface area contributed by atoms with Crippen molar-refractivity contribution in [2.45, 2.75) is 27.3 Å². The van der Waals surface area contributed by atoms with Gasteiger partial charge in [0, 0.05) is 16.1 Å². The number of carbonyl (C=O) groups is 2. The first-order chi connectivity index (χ1) is 15.3. The second-order valence-corrected chi connectivity index (χ2v) is 9.10. The quantitative estimate of drug-likeness (QED) is 0.415. The van der Waals surface area contributed by atoms with Crippen LogP contribution in [0.4, 0.5) is 5.69 Å². The average Bonchev–Trinajstić information content (AvgIpc) is 3.32. The molecule has 0 atom stereocenters. The molecule has 0 bridgehead atoms. The Morgan fingerprint density at radius 1 is 1.06 bits per heavy atom. The van der Waals surface area contributed by atoms with Crippen molar-refractivity contribution in [1.82, 2.24) is 15.1 Å². The van der Waals surface area contributed by atoms with Gasteiger partial charge in [-0.25, -0.2) is 0 Å². The first-order valence-corrected chi connectivity index (χ1v) is 11.4. The third kappa shape index (κ3) is 4.54. The molecular weight excluding hydrogens is 444 g/mol. The van der Waals surface area contributed by atoms with Crippen molar-refractivity contribution in [2.24, 2.45) is 0 Å². The molecule has 2 amide bonds. The second kappa shape index (κ2) is 9.14. The van der Waals surface area contributed by atoms with Crippen LogP contribution in [0, 0.1) is 20.8 Å². The Labute approximate surface area is 195 Å². The van der Waals surface area contributed by atoms with Crippen LogP contribution in [-0.4, -0.2) is 28.1 Å². The van der Waals surface area contributed by atoms with Crippen molar-refractivity contribution in [2.75, 3.05) is 11.9 Å². The van der Waals surface area contributed by atoms with E-state index < -0.39 is 0 Å². The van der Waals surface area contributed by atoms with Gasteiger partial charge in [0.25, 0.3) is 5.91 Å². The number of carbonyl (C=O) groups excluding carboxylic acids is 2. The van der Waals surface area contributed by atoms with Crippen LogP contribution < -0.4 is 10.6 Å². The lowest BCUT2D eigenvalue weighted by molar-refractivity contribution is -0.115. The summed E-state index contributed by atoms with van der Waals surface area (Å²) < 4.78 is 1.86. The highest BCUT2D eigenvalue weighted by Crippen LogP contribution is 2.29. The van der Waals surface area contributed by atoms with Crippen LogP contribution >= 0.6 is 22.9 Å². The molecule has 0 aliphatic heterocycles. The Kier molecular flexibility index (Phi) is 6.30. The smallest absolute Gasteiger partial charge is 0.261 e. The summed E-state index contributed by atoms with van der Waals surface area (Å²) in [5, 5.41) is 11.8. The van der Waals surface area contributed by atoms with E-state index in [1.165, 1.54) is 11.3 Å². The number of nitrogens with zero attached hydrogens (tertiary/aromatic N) is 2. The van der Waals surface area contributed by atoms with Gasteiger partial charge in [0.15, 0.2) is 0 Å². The zero-order valence-corrected chi connectivity index (χ0v) is 19.6. The molecule has 2 heterocycles. The lowest BCUT2D eigenvalue weighted by Gasteiger charge is -2.11. The van der Waals surface area contributed by atoms with Gasteiger partial charge in [-0.2, -0.15) is 5.10 Å². The van der Waals surface area contributed by atoms with E-state index in [1.807, 2.05) is 74.0 Å². The number of hydrogen-bond donors (Lipinski definition) is 2. The van der Waals surface area contributed by atoms with Gasteiger partial charge in [-0.05, 0) is 49.6 Å². The molecule has 32 heavy (non-hydrogen) atoms. The molecule has 8 heteroatoms. The minimum Gasteiger partial charge on any atom is -0.342 e. The first kappa shape index (κ1) is 22.0. The molecule has 0 unspecified atom stereocenters. The summed E-state index contributed by atoms with van der Waals surface area (Å²) in [6, 6.07) is 15.3. The topological polar surface area (TPSA) is 76.0 Å². The molecule has 6 nitrogen and oxygen atoms in total. The average molecular weight is 467 g/mol. The van der Waals surface area contributed by atoms with Gasteiger partial charge >= 0.3 is 0 Å². The van der Waals surface area contributed by atoms with Gasteiger partial charge in [-0.1, -0.05) is 48.0 Å². The lowest BCUT2D eigenvalue weighted by atomic mass is 10.1. The fraction of sp³-hybridized carbons (Fsp3) is 0.208. The number of fused-ring (bicyclic) bond motifs is 1. The number of benzene rings is 2. The highest BCUT2D eigenvalue weighted by molar-refractivity contribution is 7.20. The van der Waals surface area contributed by atoms with Gasteiger partial charge < -0.3 is 10.6 Å². The summed E-state index contributed by atoms with van der Waals surface area (Å²) in [5.74, 6) is -0.551. The monoisotopic (exact) mass is 466 g/mol. The molecule has 2 aromatic carbocycles. The summed E-state index contributed by atoms with van der Waals surface area (Å²) in [6.45, 7) is 6.20. The molecule has 0 saturated heterocycles. The third-order valence-corrected chi connectivity index (χ3v) is 6.78. The second-order valence-electron chi connectivity index (χ2n) is 7.66. The van der Waals surface area contributed by atoms with E-state index in [0.29, 0.717) is 16.4 Å². The molecule has 2 aromatic heterocycles. The predicted octanol–water partition coefficient (Wildman–Crippen LogP) is 5.09. The fourth-order valence-electron chi connectivity index (χ4n) is 3.56. The number of halogens is 1. The summed E-state index contributed by atoms with van der Waals surface area (Å²) in [7, 11) is 0. The summed E-state index contributed by atoms with van der Waals surface area (Å²) >= 11 is 7.65. The highest BCUT2D eigenvalue weighted by Gasteiger charge is 2.18. The number of rotatable bonds is 6. The largest absolute Gasteiger partial charge is 0.342 e. The maximum Gasteiger partial charge on any atom is 0.261 e. The predicted molar refractivity (Wildman–Crippen MR) is 130 cm³/mol. The Balaban J connectivity index is 1.46. The van der Waals surface area contributed by atoms with Gasteiger partial charge in [0.1, 0.15) is 4.83 Å². The number of amides is 2. The number of hydrogen-bond acceptors (Lipinski definition) is 4. The number of para-hydroxylation sites is 1. The number of aromatic nitrogens is 2. The molecule has 0 aliphatic rings. The van der Waals surface area contributed by atoms with E-state index in [1.54, 1.807) is 0 Å². The minimum atomic E-state index is -0.286. The standard InChI is InChI=1S/C24H23ClN4O2S/c1-14-7-6-8-15(2)22(14)27-21(30)12-26-23(31)20-11-18-16(3)28-29(24(18)32-20)13-17-9-4-5-10-19(17)25/h4-11H,12-13H2,1-3H3,(H,26,31)(H,27,30). The van der Waals surface area contributed by atoms with Gasteiger partial charge in [0.2, 0.25) is 5.91 Å². The van der Waals surface area contributed by atoms with E-state index in [0.717, 1.165) is 38.3 Å². The van der Waals surface area contributed by atoms with Crippen molar-refractivity contribution in [3.05, 3.63) is 80.8 Å². The highest BCUT2D eigenvalue weighted by atomic mass is 35.5. The van der Waals surface area contributed by atoms with E-state index in [4.69, 9.17) is 11.6 Å². The van der Waals surface area contributed by atoms with Gasteiger partial charge in [0.05, 0.1) is 23.7 Å². The fourth-order valence-corrected chi connectivity index (χ4v) is 4.84. The van der Waals surface area contributed by atoms with Crippen LogP contribution in [0.1, 0.15) is 32.1 Å². The zero-order chi connectivity index (χ0) is 22.8. The SMILES string of the molecule is Cc1cccc(C)c1NC(=O)CNC(=O)c1cc2c(C)nn(Cc3ccccc3Cl)c2s1. The Hall–Kier alpha value is -3.16. The van der Waals surface area contributed by atoms with E-state index in [-0.39, 0.29) is 18.4 Å². The van der Waals surface area contributed by atoms with Crippen LogP contribution in [0.5, 0.6) is 0 Å².